The molecule has 0 fully saturated rings. The van der Waals surface area contributed by atoms with Crippen molar-refractivity contribution in [2.75, 3.05) is 25.6 Å². The Hall–Kier alpha value is -1.98. The van der Waals surface area contributed by atoms with Gasteiger partial charge in [-0.2, -0.15) is 13.2 Å². The highest BCUT2D eigenvalue weighted by atomic mass is 19.4. The summed E-state index contributed by atoms with van der Waals surface area (Å²) < 4.78 is 43.5. The molecule has 0 saturated heterocycles. The van der Waals surface area contributed by atoms with Crippen molar-refractivity contribution < 1.29 is 22.7 Å². The van der Waals surface area contributed by atoms with Crippen molar-refractivity contribution in [2.24, 2.45) is 0 Å². The van der Waals surface area contributed by atoms with Gasteiger partial charge in [-0.05, 0) is 24.6 Å². The summed E-state index contributed by atoms with van der Waals surface area (Å²) in [5.41, 5.74) is -0.316. The van der Waals surface area contributed by atoms with E-state index < -0.39 is 17.7 Å². The van der Waals surface area contributed by atoms with Crippen LogP contribution in [0.2, 0.25) is 0 Å². The van der Waals surface area contributed by atoms with E-state index in [1.165, 1.54) is 19.1 Å². The zero-order valence-electron chi connectivity index (χ0n) is 11.5. The summed E-state index contributed by atoms with van der Waals surface area (Å²) in [7, 11) is 3.57. The summed E-state index contributed by atoms with van der Waals surface area (Å²) >= 11 is 0. The Morgan fingerprint density at radius 1 is 1.25 bits per heavy atom. The van der Waals surface area contributed by atoms with Crippen molar-refractivity contribution in [1.29, 1.82) is 0 Å². The zero-order valence-corrected chi connectivity index (χ0v) is 11.5. The van der Waals surface area contributed by atoms with Gasteiger partial charge in [0.05, 0.1) is 12.2 Å². The first-order chi connectivity index (χ1) is 9.25. The van der Waals surface area contributed by atoms with Crippen LogP contribution >= 0.6 is 0 Å². The lowest BCUT2D eigenvalue weighted by Gasteiger charge is -2.15. The van der Waals surface area contributed by atoms with E-state index >= 15 is 0 Å². The number of hydrogen-bond donors (Lipinski definition) is 0. The van der Waals surface area contributed by atoms with E-state index in [1.807, 2.05) is 0 Å². The summed E-state index contributed by atoms with van der Waals surface area (Å²) in [4.78, 5) is 13.0. The number of anilines is 1. The standard InChI is InChI=1S/C14H16F3NO2/c1-4-20-13(19)9-12(14(15,16)17)10-5-7-11(8-6-10)18(2)3/h5-9H,4H2,1-3H3/b12-9+. The van der Waals surface area contributed by atoms with Gasteiger partial charge < -0.3 is 9.64 Å². The third-order valence-corrected chi connectivity index (χ3v) is 2.55. The molecular formula is C14H16F3NO2. The highest BCUT2D eigenvalue weighted by Crippen LogP contribution is 2.34. The van der Waals surface area contributed by atoms with Crippen LogP contribution in [0, 0.1) is 0 Å². The molecule has 0 amide bonds. The largest absolute Gasteiger partial charge is 0.463 e. The Morgan fingerprint density at radius 3 is 2.20 bits per heavy atom. The fourth-order valence-electron chi connectivity index (χ4n) is 1.57. The Bertz CT molecular complexity index is 490. The molecule has 0 aromatic heterocycles. The average Bonchev–Trinajstić information content (AvgIpc) is 2.35. The number of carbonyl (C=O) groups is 1. The minimum Gasteiger partial charge on any atom is -0.463 e. The number of nitrogens with zero attached hydrogens (tertiary/aromatic N) is 1. The van der Waals surface area contributed by atoms with Crippen LogP contribution in [0.25, 0.3) is 5.57 Å². The van der Waals surface area contributed by atoms with Gasteiger partial charge in [0.25, 0.3) is 0 Å². The maximum absolute atomic E-state index is 13.0. The molecule has 6 heteroatoms. The molecule has 0 heterocycles. The quantitative estimate of drug-likeness (QED) is 0.629. The van der Waals surface area contributed by atoms with Crippen LogP contribution in [0.4, 0.5) is 18.9 Å². The molecule has 110 valence electrons. The molecule has 0 aliphatic rings. The van der Waals surface area contributed by atoms with Crippen LogP contribution in [0.1, 0.15) is 12.5 Å². The lowest BCUT2D eigenvalue weighted by molar-refractivity contribution is -0.137. The number of allylic oxidation sites excluding steroid dienone is 1. The normalized spacial score (nSPS) is 12.2. The Morgan fingerprint density at radius 2 is 1.80 bits per heavy atom. The molecule has 0 unspecified atom stereocenters. The molecular weight excluding hydrogens is 271 g/mol. The number of benzene rings is 1. The lowest BCUT2D eigenvalue weighted by atomic mass is 10.0. The van der Waals surface area contributed by atoms with Crippen molar-refractivity contribution in [1.82, 2.24) is 0 Å². The van der Waals surface area contributed by atoms with Crippen LogP contribution in [-0.4, -0.2) is 32.8 Å². The second-order valence-electron chi connectivity index (χ2n) is 4.25. The molecule has 0 saturated carbocycles. The molecule has 0 bridgehead atoms. The number of ether oxygens (including phenoxy) is 1. The van der Waals surface area contributed by atoms with E-state index in [-0.39, 0.29) is 12.2 Å². The van der Waals surface area contributed by atoms with Gasteiger partial charge in [0, 0.05) is 25.9 Å². The Kier molecular flexibility index (Phi) is 5.19. The summed E-state index contributed by atoms with van der Waals surface area (Å²) in [6.45, 7) is 1.56. The molecule has 0 N–H and O–H groups in total. The third kappa shape index (κ3) is 4.29. The van der Waals surface area contributed by atoms with Gasteiger partial charge in [-0.3, -0.25) is 0 Å². The van der Waals surface area contributed by atoms with Crippen LogP contribution < -0.4 is 4.90 Å². The van der Waals surface area contributed by atoms with Crippen molar-refractivity contribution in [3.05, 3.63) is 35.9 Å². The average molecular weight is 287 g/mol. The fraction of sp³-hybridized carbons (Fsp3) is 0.357. The predicted molar refractivity (Wildman–Crippen MR) is 71.4 cm³/mol. The van der Waals surface area contributed by atoms with E-state index in [2.05, 4.69) is 4.74 Å². The van der Waals surface area contributed by atoms with Crippen LogP contribution in [0.5, 0.6) is 0 Å². The first kappa shape index (κ1) is 16.1. The van der Waals surface area contributed by atoms with E-state index in [0.717, 1.165) is 5.69 Å². The van der Waals surface area contributed by atoms with Crippen molar-refractivity contribution in [3.63, 3.8) is 0 Å². The summed E-state index contributed by atoms with van der Waals surface area (Å²) in [5.74, 6) is -1.00. The Labute approximate surface area is 115 Å². The molecule has 20 heavy (non-hydrogen) atoms. The predicted octanol–water partition coefficient (Wildman–Crippen LogP) is 3.26. The molecule has 1 rings (SSSR count). The number of rotatable bonds is 4. The minimum absolute atomic E-state index is 0.0278. The van der Waals surface area contributed by atoms with Gasteiger partial charge in [0.15, 0.2) is 0 Å². The first-order valence-corrected chi connectivity index (χ1v) is 5.99. The van der Waals surface area contributed by atoms with E-state index in [4.69, 9.17) is 0 Å². The van der Waals surface area contributed by atoms with E-state index in [9.17, 15) is 18.0 Å². The maximum Gasteiger partial charge on any atom is 0.417 e. The van der Waals surface area contributed by atoms with Gasteiger partial charge >= 0.3 is 12.1 Å². The fourth-order valence-corrected chi connectivity index (χ4v) is 1.57. The van der Waals surface area contributed by atoms with Crippen molar-refractivity contribution in [2.45, 2.75) is 13.1 Å². The SMILES string of the molecule is CCOC(=O)/C=C(\c1ccc(N(C)C)cc1)C(F)(F)F. The summed E-state index contributed by atoms with van der Waals surface area (Å²) in [5, 5.41) is 0. The number of alkyl halides is 3. The van der Waals surface area contributed by atoms with Gasteiger partial charge in [-0.1, -0.05) is 12.1 Å². The highest BCUT2D eigenvalue weighted by Gasteiger charge is 2.35. The topological polar surface area (TPSA) is 29.5 Å². The number of halogens is 3. The smallest absolute Gasteiger partial charge is 0.417 e. The number of hydrogen-bond acceptors (Lipinski definition) is 3. The van der Waals surface area contributed by atoms with Gasteiger partial charge in [0.1, 0.15) is 0 Å². The summed E-state index contributed by atoms with van der Waals surface area (Å²) in [6.07, 6.45) is -4.14. The van der Waals surface area contributed by atoms with E-state index in [1.54, 1.807) is 31.1 Å². The number of carbonyl (C=O) groups excluding carboxylic acids is 1. The van der Waals surface area contributed by atoms with Crippen LogP contribution in [0.15, 0.2) is 30.3 Å². The second kappa shape index (κ2) is 6.45. The van der Waals surface area contributed by atoms with Crippen LogP contribution in [0.3, 0.4) is 0 Å². The molecule has 0 aliphatic heterocycles. The van der Waals surface area contributed by atoms with Crippen molar-refractivity contribution in [3.8, 4) is 0 Å². The monoisotopic (exact) mass is 287 g/mol. The van der Waals surface area contributed by atoms with Gasteiger partial charge in [0.2, 0.25) is 0 Å². The first-order valence-electron chi connectivity index (χ1n) is 5.99. The highest BCUT2D eigenvalue weighted by molar-refractivity contribution is 5.92. The molecule has 0 aliphatic carbocycles. The van der Waals surface area contributed by atoms with Gasteiger partial charge in [-0.15, -0.1) is 0 Å². The zero-order chi connectivity index (χ0) is 15.3. The van der Waals surface area contributed by atoms with Crippen LogP contribution in [-0.2, 0) is 9.53 Å². The van der Waals surface area contributed by atoms with E-state index in [0.29, 0.717) is 6.08 Å². The summed E-state index contributed by atoms with van der Waals surface area (Å²) in [6, 6.07) is 5.77. The van der Waals surface area contributed by atoms with Gasteiger partial charge in [-0.25, -0.2) is 4.79 Å². The maximum atomic E-state index is 13.0. The Balaban J connectivity index is 3.15. The molecule has 1 aromatic rings. The molecule has 3 nitrogen and oxygen atoms in total. The molecule has 0 spiro atoms. The molecule has 0 radical (unpaired) electrons. The van der Waals surface area contributed by atoms with Crippen molar-refractivity contribution >= 4 is 17.2 Å². The molecule has 1 aromatic carbocycles. The molecule has 0 atom stereocenters. The lowest BCUT2D eigenvalue weighted by Crippen LogP contribution is -2.14. The second-order valence-corrected chi connectivity index (χ2v) is 4.25. The minimum atomic E-state index is -4.62. The third-order valence-electron chi connectivity index (χ3n) is 2.55. The number of esters is 1.